The lowest BCUT2D eigenvalue weighted by Gasteiger charge is -2.39. The topological polar surface area (TPSA) is 63.6 Å². The summed E-state index contributed by atoms with van der Waals surface area (Å²) in [5, 5.41) is 11.0. The third-order valence-electron chi connectivity index (χ3n) is 4.28. The Bertz CT molecular complexity index is 649. The van der Waals surface area contributed by atoms with E-state index in [1.807, 2.05) is 19.1 Å². The van der Waals surface area contributed by atoms with Gasteiger partial charge in [0.2, 0.25) is 0 Å². The van der Waals surface area contributed by atoms with Gasteiger partial charge in [-0.2, -0.15) is 0 Å². The number of carbonyl (C=O) groups excluding carboxylic acids is 2. The third kappa shape index (κ3) is 4.18. The van der Waals surface area contributed by atoms with E-state index in [4.69, 9.17) is 27.9 Å². The molecule has 1 saturated carbocycles. The molecule has 1 aromatic carbocycles. The number of halogens is 2. The summed E-state index contributed by atoms with van der Waals surface area (Å²) in [6, 6.07) is 7.32. The van der Waals surface area contributed by atoms with Crippen molar-refractivity contribution in [2.24, 2.45) is 11.8 Å². The molecule has 1 aliphatic rings. The quantitative estimate of drug-likeness (QED) is 0.648. The number of aliphatic hydroxyl groups is 1. The van der Waals surface area contributed by atoms with Crippen molar-refractivity contribution in [3.8, 4) is 0 Å². The maximum atomic E-state index is 12.6. The minimum Gasteiger partial charge on any atom is -0.465 e. The molecule has 0 unspecified atom stereocenters. The minimum absolute atomic E-state index is 0.0461. The first-order valence-corrected chi connectivity index (χ1v) is 8.54. The van der Waals surface area contributed by atoms with Gasteiger partial charge in [0.25, 0.3) is 0 Å². The summed E-state index contributed by atoms with van der Waals surface area (Å²) in [4.78, 5) is 24.7. The number of allylic oxidation sites excluding steroid dienone is 1. The molecular formula is C18H20Cl2O4. The predicted molar refractivity (Wildman–Crippen MR) is 92.7 cm³/mol. The third-order valence-corrected chi connectivity index (χ3v) is 4.54. The van der Waals surface area contributed by atoms with Crippen LogP contribution >= 0.6 is 23.2 Å². The Morgan fingerprint density at radius 2 is 2.00 bits per heavy atom. The van der Waals surface area contributed by atoms with Crippen molar-refractivity contribution in [2.45, 2.75) is 32.3 Å². The molecule has 1 aliphatic carbocycles. The van der Waals surface area contributed by atoms with E-state index in [2.05, 4.69) is 0 Å². The lowest BCUT2D eigenvalue weighted by atomic mass is 9.68. The second-order valence-corrected chi connectivity index (χ2v) is 7.10. The van der Waals surface area contributed by atoms with E-state index in [0.717, 1.165) is 5.56 Å². The van der Waals surface area contributed by atoms with Crippen LogP contribution in [0.1, 0.15) is 30.9 Å². The second kappa shape index (κ2) is 7.68. The normalized spacial score (nSPS) is 26.8. The van der Waals surface area contributed by atoms with Crippen LogP contribution in [0.15, 0.2) is 34.8 Å². The highest BCUT2D eigenvalue weighted by atomic mass is 35.5. The van der Waals surface area contributed by atoms with Crippen molar-refractivity contribution in [1.29, 1.82) is 0 Å². The second-order valence-electron chi connectivity index (χ2n) is 6.09. The summed E-state index contributed by atoms with van der Waals surface area (Å²) < 4.78 is 4.95. The Balaban J connectivity index is 2.37. The van der Waals surface area contributed by atoms with Crippen LogP contribution in [0, 0.1) is 18.8 Å². The molecule has 1 aromatic rings. The molecule has 0 radical (unpaired) electrons. The number of ketones is 1. The molecule has 3 atom stereocenters. The van der Waals surface area contributed by atoms with E-state index in [9.17, 15) is 14.7 Å². The van der Waals surface area contributed by atoms with Gasteiger partial charge in [0.1, 0.15) is 10.4 Å². The number of benzene rings is 1. The molecule has 0 aliphatic heterocycles. The number of rotatable bonds is 4. The first kappa shape index (κ1) is 19.0. The molecule has 24 heavy (non-hydrogen) atoms. The van der Waals surface area contributed by atoms with E-state index < -0.39 is 23.4 Å². The average molecular weight is 371 g/mol. The van der Waals surface area contributed by atoms with Gasteiger partial charge in [0.05, 0.1) is 12.2 Å². The largest absolute Gasteiger partial charge is 0.465 e. The number of esters is 1. The van der Waals surface area contributed by atoms with Gasteiger partial charge >= 0.3 is 5.97 Å². The molecule has 0 heterocycles. The van der Waals surface area contributed by atoms with Crippen molar-refractivity contribution in [3.05, 3.63) is 46.0 Å². The zero-order valence-corrected chi connectivity index (χ0v) is 15.1. The summed E-state index contributed by atoms with van der Waals surface area (Å²) in [6.45, 7) is 3.79. The van der Waals surface area contributed by atoms with Crippen molar-refractivity contribution >= 4 is 35.0 Å². The van der Waals surface area contributed by atoms with Gasteiger partial charge in [-0.3, -0.25) is 9.59 Å². The van der Waals surface area contributed by atoms with Crippen LogP contribution in [0.3, 0.4) is 0 Å². The van der Waals surface area contributed by atoms with Crippen LogP contribution in [-0.4, -0.2) is 23.5 Å². The summed E-state index contributed by atoms with van der Waals surface area (Å²) in [5.41, 5.74) is 0.319. The summed E-state index contributed by atoms with van der Waals surface area (Å²) in [7, 11) is 0. The average Bonchev–Trinajstić information content (AvgIpc) is 2.46. The number of ether oxygens (including phenoxy) is 1. The van der Waals surface area contributed by atoms with Crippen LogP contribution in [0.25, 0.3) is 0 Å². The standard InChI is InChI=1S/C18H20Cl2O4/c1-3-24-17(22)16-12(8-15(19)20)9-18(23,10-14(16)21)13-6-4-11(2)5-7-13/h4-8,12,16,23H,3,9-10H2,1-2H3/t12-,16+,18-/m0/s1. The Hall–Kier alpha value is -1.36. The number of hydrogen-bond acceptors (Lipinski definition) is 4. The Morgan fingerprint density at radius 1 is 1.38 bits per heavy atom. The molecule has 1 N–H and O–H groups in total. The van der Waals surface area contributed by atoms with Crippen molar-refractivity contribution in [2.75, 3.05) is 6.61 Å². The number of Topliss-reactive ketones (excluding diaryl/α,β-unsaturated/α-hetero) is 1. The van der Waals surface area contributed by atoms with Gasteiger partial charge in [-0.15, -0.1) is 0 Å². The number of carbonyl (C=O) groups is 2. The fourth-order valence-electron chi connectivity index (χ4n) is 3.16. The number of hydrogen-bond donors (Lipinski definition) is 1. The van der Waals surface area contributed by atoms with Crippen LogP contribution in [-0.2, 0) is 19.9 Å². The lowest BCUT2D eigenvalue weighted by molar-refractivity contribution is -0.159. The molecule has 1 fully saturated rings. The predicted octanol–water partition coefficient (Wildman–Crippen LogP) is 3.66. The fraction of sp³-hybridized carbons (Fsp3) is 0.444. The molecule has 0 aromatic heterocycles. The highest BCUT2D eigenvalue weighted by Crippen LogP contribution is 2.43. The van der Waals surface area contributed by atoms with E-state index in [1.54, 1.807) is 19.1 Å². The van der Waals surface area contributed by atoms with Gasteiger partial charge in [-0.1, -0.05) is 53.0 Å². The molecule has 6 heteroatoms. The molecule has 130 valence electrons. The smallest absolute Gasteiger partial charge is 0.317 e. The van der Waals surface area contributed by atoms with E-state index in [0.29, 0.717) is 5.56 Å². The van der Waals surface area contributed by atoms with Crippen molar-refractivity contribution in [3.63, 3.8) is 0 Å². The van der Waals surface area contributed by atoms with Gasteiger partial charge in [-0.05, 0) is 31.9 Å². The van der Waals surface area contributed by atoms with Crippen LogP contribution < -0.4 is 0 Å². The molecule has 0 amide bonds. The monoisotopic (exact) mass is 370 g/mol. The molecular weight excluding hydrogens is 351 g/mol. The molecule has 0 saturated heterocycles. The Labute approximate surface area is 151 Å². The highest BCUT2D eigenvalue weighted by Gasteiger charge is 2.48. The van der Waals surface area contributed by atoms with E-state index >= 15 is 0 Å². The SMILES string of the molecule is CCOC(=O)[C@H]1C(=O)C[C@](O)(c2ccc(C)cc2)C[C@@H]1C=C(Cl)Cl. The van der Waals surface area contributed by atoms with Crippen molar-refractivity contribution < 1.29 is 19.4 Å². The summed E-state index contributed by atoms with van der Waals surface area (Å²) in [5.74, 6) is -2.60. The zero-order chi connectivity index (χ0) is 17.9. The maximum Gasteiger partial charge on any atom is 0.317 e. The summed E-state index contributed by atoms with van der Waals surface area (Å²) in [6.07, 6.45) is 1.44. The van der Waals surface area contributed by atoms with Gasteiger partial charge in [-0.25, -0.2) is 0 Å². The minimum atomic E-state index is -1.36. The van der Waals surface area contributed by atoms with Crippen LogP contribution in [0.2, 0.25) is 0 Å². The fourth-order valence-corrected chi connectivity index (χ4v) is 3.48. The molecule has 0 bridgehead atoms. The first-order chi connectivity index (χ1) is 11.3. The van der Waals surface area contributed by atoms with E-state index in [-0.39, 0.29) is 29.7 Å². The molecule has 0 spiro atoms. The maximum absolute atomic E-state index is 12.6. The Morgan fingerprint density at radius 3 is 2.54 bits per heavy atom. The van der Waals surface area contributed by atoms with Gasteiger partial charge in [0, 0.05) is 12.3 Å². The Kier molecular flexibility index (Phi) is 6.07. The lowest BCUT2D eigenvalue weighted by Crippen LogP contribution is -2.45. The van der Waals surface area contributed by atoms with Crippen LogP contribution in [0.5, 0.6) is 0 Å². The molecule has 4 nitrogen and oxygen atoms in total. The summed E-state index contributed by atoms with van der Waals surface area (Å²) >= 11 is 11.5. The van der Waals surface area contributed by atoms with Crippen LogP contribution in [0.4, 0.5) is 0 Å². The van der Waals surface area contributed by atoms with Gasteiger partial charge in [0.15, 0.2) is 5.78 Å². The first-order valence-electron chi connectivity index (χ1n) is 7.78. The van der Waals surface area contributed by atoms with E-state index in [1.165, 1.54) is 6.08 Å². The molecule has 2 rings (SSSR count). The van der Waals surface area contributed by atoms with Crippen molar-refractivity contribution in [1.82, 2.24) is 0 Å². The highest BCUT2D eigenvalue weighted by molar-refractivity contribution is 6.55. The number of aryl methyl sites for hydroxylation is 1. The van der Waals surface area contributed by atoms with Gasteiger partial charge < -0.3 is 9.84 Å². The zero-order valence-electron chi connectivity index (χ0n) is 13.6.